The third kappa shape index (κ3) is 4.18. The molecule has 0 saturated carbocycles. The fraction of sp³-hybridized carbons (Fsp3) is 0.300. The van der Waals surface area contributed by atoms with Gasteiger partial charge in [0, 0.05) is 12.6 Å². The Morgan fingerprint density at radius 3 is 2.84 bits per heavy atom. The van der Waals surface area contributed by atoms with Crippen LogP contribution in [0.3, 0.4) is 0 Å². The molecular formula is C10H10ClN3O5. The minimum atomic E-state index is -0.686. The van der Waals surface area contributed by atoms with Gasteiger partial charge in [-0.2, -0.15) is 0 Å². The Morgan fingerprint density at radius 2 is 2.26 bits per heavy atom. The molecule has 0 radical (unpaired) electrons. The molecule has 1 aromatic rings. The molecule has 8 nitrogen and oxygen atoms in total. The van der Waals surface area contributed by atoms with Crippen LogP contribution in [0.1, 0.15) is 16.8 Å². The lowest BCUT2D eigenvalue weighted by atomic mass is 10.2. The van der Waals surface area contributed by atoms with Gasteiger partial charge in [0.1, 0.15) is 11.3 Å². The van der Waals surface area contributed by atoms with Crippen molar-refractivity contribution < 1.29 is 19.2 Å². The van der Waals surface area contributed by atoms with Crippen molar-refractivity contribution in [3.8, 4) is 0 Å². The van der Waals surface area contributed by atoms with Crippen LogP contribution in [0, 0.1) is 10.1 Å². The van der Waals surface area contributed by atoms with Gasteiger partial charge in [0.2, 0.25) is 0 Å². The monoisotopic (exact) mass is 287 g/mol. The first kappa shape index (κ1) is 14.8. The summed E-state index contributed by atoms with van der Waals surface area (Å²) >= 11 is 5.68. The second kappa shape index (κ2) is 6.64. The molecule has 9 heteroatoms. The Hall–Kier alpha value is -2.22. The molecule has 1 amide bonds. The lowest BCUT2D eigenvalue weighted by Crippen LogP contribution is -2.26. The molecule has 0 aliphatic carbocycles. The van der Waals surface area contributed by atoms with Gasteiger partial charge in [0.25, 0.3) is 11.6 Å². The molecule has 102 valence electrons. The average molecular weight is 288 g/mol. The van der Waals surface area contributed by atoms with Crippen molar-refractivity contribution in [2.45, 2.75) is 6.42 Å². The molecule has 0 bridgehead atoms. The Kier molecular flexibility index (Phi) is 5.19. The van der Waals surface area contributed by atoms with Gasteiger partial charge in [-0.05, 0) is 0 Å². The van der Waals surface area contributed by atoms with Gasteiger partial charge in [-0.1, -0.05) is 11.6 Å². The topological polar surface area (TPSA) is 111 Å². The molecule has 0 saturated heterocycles. The van der Waals surface area contributed by atoms with Crippen LogP contribution in [-0.2, 0) is 9.53 Å². The van der Waals surface area contributed by atoms with E-state index in [1.54, 1.807) is 0 Å². The maximum absolute atomic E-state index is 11.7. The van der Waals surface area contributed by atoms with E-state index in [0.717, 1.165) is 12.3 Å². The van der Waals surface area contributed by atoms with Crippen LogP contribution in [0.2, 0.25) is 5.15 Å². The lowest BCUT2D eigenvalue weighted by Gasteiger charge is -2.05. The zero-order valence-electron chi connectivity index (χ0n) is 9.88. The Morgan fingerprint density at radius 1 is 1.58 bits per heavy atom. The highest BCUT2D eigenvalue weighted by Crippen LogP contribution is 2.18. The third-order valence-corrected chi connectivity index (χ3v) is 2.42. The molecule has 0 atom stereocenters. The van der Waals surface area contributed by atoms with Crippen LogP contribution >= 0.6 is 11.6 Å². The van der Waals surface area contributed by atoms with E-state index >= 15 is 0 Å². The average Bonchev–Trinajstić information content (AvgIpc) is 2.38. The second-order valence-electron chi connectivity index (χ2n) is 3.37. The van der Waals surface area contributed by atoms with Crippen LogP contribution in [0.25, 0.3) is 0 Å². The van der Waals surface area contributed by atoms with Crippen molar-refractivity contribution in [2.24, 2.45) is 0 Å². The molecule has 0 aliphatic rings. The van der Waals surface area contributed by atoms with Gasteiger partial charge in [0.15, 0.2) is 0 Å². The number of hydrogen-bond acceptors (Lipinski definition) is 6. The fourth-order valence-corrected chi connectivity index (χ4v) is 1.36. The number of nitrogens with zero attached hydrogens (tertiary/aromatic N) is 2. The number of nitro groups is 1. The number of ether oxygens (including phenoxy) is 1. The first-order valence-electron chi connectivity index (χ1n) is 5.10. The number of pyridine rings is 1. The lowest BCUT2D eigenvalue weighted by molar-refractivity contribution is -0.385. The minimum absolute atomic E-state index is 0.0117. The van der Waals surface area contributed by atoms with E-state index < -0.39 is 16.8 Å². The zero-order chi connectivity index (χ0) is 14.4. The zero-order valence-corrected chi connectivity index (χ0v) is 10.6. The Labute approximate surface area is 112 Å². The predicted octanol–water partition coefficient (Wildman–Crippen LogP) is 0.936. The molecule has 0 unspecified atom stereocenters. The van der Waals surface area contributed by atoms with Crippen molar-refractivity contribution in [1.82, 2.24) is 10.3 Å². The van der Waals surface area contributed by atoms with E-state index in [4.69, 9.17) is 11.6 Å². The van der Waals surface area contributed by atoms with Gasteiger partial charge >= 0.3 is 5.97 Å². The van der Waals surface area contributed by atoms with Crippen LogP contribution in [0.5, 0.6) is 0 Å². The molecular weight excluding hydrogens is 278 g/mol. The highest BCUT2D eigenvalue weighted by Gasteiger charge is 2.17. The summed E-state index contributed by atoms with van der Waals surface area (Å²) in [6, 6.07) is 1.02. The number of esters is 1. The van der Waals surface area contributed by atoms with Crippen molar-refractivity contribution in [1.29, 1.82) is 0 Å². The number of halogens is 1. The van der Waals surface area contributed by atoms with Gasteiger partial charge in [0.05, 0.1) is 24.0 Å². The maximum Gasteiger partial charge on any atom is 0.307 e. The van der Waals surface area contributed by atoms with Gasteiger partial charge in [-0.3, -0.25) is 19.7 Å². The summed E-state index contributed by atoms with van der Waals surface area (Å²) in [6.45, 7) is 0.0323. The van der Waals surface area contributed by atoms with E-state index in [1.165, 1.54) is 7.11 Å². The fourth-order valence-electron chi connectivity index (χ4n) is 1.17. The van der Waals surface area contributed by atoms with Crippen LogP contribution < -0.4 is 5.32 Å². The molecule has 19 heavy (non-hydrogen) atoms. The summed E-state index contributed by atoms with van der Waals surface area (Å²) in [6.07, 6.45) is 0.940. The normalized spacial score (nSPS) is 9.79. The van der Waals surface area contributed by atoms with Crippen molar-refractivity contribution in [2.75, 3.05) is 13.7 Å². The second-order valence-corrected chi connectivity index (χ2v) is 3.73. The van der Waals surface area contributed by atoms with Gasteiger partial charge in [-0.25, -0.2) is 4.98 Å². The molecule has 0 fully saturated rings. The smallest absolute Gasteiger partial charge is 0.307 e. The van der Waals surface area contributed by atoms with E-state index in [2.05, 4.69) is 15.0 Å². The largest absolute Gasteiger partial charge is 0.469 e. The molecule has 0 spiro atoms. The molecule has 0 aromatic carbocycles. The summed E-state index contributed by atoms with van der Waals surface area (Å²) in [7, 11) is 1.23. The number of nitrogens with one attached hydrogen (secondary N) is 1. The Bertz CT molecular complexity index is 520. The molecule has 1 N–H and O–H groups in total. The summed E-state index contributed by atoms with van der Waals surface area (Å²) in [5.41, 5.74) is -0.469. The highest BCUT2D eigenvalue weighted by molar-refractivity contribution is 6.32. The van der Waals surface area contributed by atoms with Crippen molar-refractivity contribution in [3.05, 3.63) is 33.1 Å². The maximum atomic E-state index is 11.7. The molecule has 0 aliphatic heterocycles. The van der Waals surface area contributed by atoms with Crippen molar-refractivity contribution >= 4 is 29.2 Å². The highest BCUT2D eigenvalue weighted by atomic mass is 35.5. The van der Waals surface area contributed by atoms with E-state index in [0.29, 0.717) is 0 Å². The minimum Gasteiger partial charge on any atom is -0.469 e. The predicted molar refractivity (Wildman–Crippen MR) is 64.9 cm³/mol. The summed E-state index contributed by atoms with van der Waals surface area (Å²) in [5, 5.41) is 12.8. The first-order valence-corrected chi connectivity index (χ1v) is 5.48. The number of carbonyl (C=O) groups is 2. The number of carbonyl (C=O) groups excluding carboxylic acids is 2. The van der Waals surface area contributed by atoms with Gasteiger partial charge in [-0.15, -0.1) is 0 Å². The van der Waals surface area contributed by atoms with Crippen LogP contribution in [0.15, 0.2) is 12.3 Å². The molecule has 1 aromatic heterocycles. The number of methoxy groups -OCH3 is 1. The van der Waals surface area contributed by atoms with Crippen molar-refractivity contribution in [3.63, 3.8) is 0 Å². The number of hydrogen-bond donors (Lipinski definition) is 1. The van der Waals surface area contributed by atoms with E-state index in [1.807, 2.05) is 0 Å². The quantitative estimate of drug-likeness (QED) is 0.373. The van der Waals surface area contributed by atoms with E-state index in [-0.39, 0.29) is 29.4 Å². The molecule has 1 rings (SSSR count). The van der Waals surface area contributed by atoms with Crippen LogP contribution in [0.4, 0.5) is 5.69 Å². The Balaban J connectivity index is 2.73. The first-order chi connectivity index (χ1) is 8.95. The SMILES string of the molecule is COC(=O)CCNC(=O)c1cc([N+](=O)[O-])cnc1Cl. The standard InChI is InChI=1S/C10H10ClN3O5/c1-19-8(15)2-3-12-10(16)7-4-6(14(17)18)5-13-9(7)11/h4-5H,2-3H2,1H3,(H,12,16). The summed E-state index contributed by atoms with van der Waals surface area (Å²) < 4.78 is 4.39. The third-order valence-electron chi connectivity index (χ3n) is 2.12. The number of aromatic nitrogens is 1. The number of rotatable bonds is 5. The summed E-state index contributed by atoms with van der Waals surface area (Å²) in [4.78, 5) is 36.0. The molecule has 1 heterocycles. The summed E-state index contributed by atoms with van der Waals surface area (Å²) in [5.74, 6) is -1.13. The number of amides is 1. The van der Waals surface area contributed by atoms with Gasteiger partial charge < -0.3 is 10.1 Å². The van der Waals surface area contributed by atoms with E-state index in [9.17, 15) is 19.7 Å². The van der Waals surface area contributed by atoms with Crippen LogP contribution in [-0.4, -0.2) is 35.4 Å².